The van der Waals surface area contributed by atoms with Gasteiger partial charge in [0.25, 0.3) is 5.91 Å². The number of hydrogen-bond acceptors (Lipinski definition) is 5. The molecule has 0 aliphatic heterocycles. The molecular formula is C16H18N2O6S. The highest BCUT2D eigenvalue weighted by atomic mass is 32.2. The minimum atomic E-state index is -3.86. The predicted molar refractivity (Wildman–Crippen MR) is 88.5 cm³/mol. The highest BCUT2D eigenvalue weighted by Gasteiger charge is 2.20. The van der Waals surface area contributed by atoms with Crippen LogP contribution in [0.2, 0.25) is 0 Å². The van der Waals surface area contributed by atoms with Crippen molar-refractivity contribution in [3.8, 4) is 0 Å². The van der Waals surface area contributed by atoms with Crippen molar-refractivity contribution in [2.75, 3.05) is 0 Å². The Morgan fingerprint density at radius 2 is 2.00 bits per heavy atom. The third kappa shape index (κ3) is 4.68. The zero-order chi connectivity index (χ0) is 18.6. The van der Waals surface area contributed by atoms with Gasteiger partial charge in [-0.3, -0.25) is 9.59 Å². The lowest BCUT2D eigenvalue weighted by molar-refractivity contribution is -0.138. The number of furan rings is 1. The first-order valence-electron chi connectivity index (χ1n) is 7.37. The van der Waals surface area contributed by atoms with Crippen LogP contribution in [-0.4, -0.2) is 31.4 Å². The normalized spacial score (nSPS) is 12.6. The van der Waals surface area contributed by atoms with Crippen molar-refractivity contribution in [3.05, 3.63) is 53.5 Å². The smallest absolute Gasteiger partial charge is 0.325 e. The van der Waals surface area contributed by atoms with E-state index >= 15 is 0 Å². The molecule has 1 amide bonds. The van der Waals surface area contributed by atoms with Crippen molar-refractivity contribution in [2.45, 2.75) is 31.3 Å². The number of aliphatic carboxylic acids is 1. The van der Waals surface area contributed by atoms with Gasteiger partial charge in [0.2, 0.25) is 10.0 Å². The van der Waals surface area contributed by atoms with Crippen molar-refractivity contribution in [2.24, 2.45) is 0 Å². The van der Waals surface area contributed by atoms with Gasteiger partial charge < -0.3 is 14.8 Å². The standard InChI is InChI=1S/C16H18N2O6S/c1-10-5-6-13(8-14(10)15(19)18-11(2)16(20)21)25(22,23)17-9-12-4-3-7-24-12/h3-8,11,17H,9H2,1-2H3,(H,18,19)(H,20,21). The van der Waals surface area contributed by atoms with Crippen molar-refractivity contribution in [1.82, 2.24) is 10.0 Å². The summed E-state index contributed by atoms with van der Waals surface area (Å²) in [7, 11) is -3.86. The zero-order valence-electron chi connectivity index (χ0n) is 13.6. The fourth-order valence-electron chi connectivity index (χ4n) is 2.01. The summed E-state index contributed by atoms with van der Waals surface area (Å²) < 4.78 is 32.2. The van der Waals surface area contributed by atoms with Crippen LogP contribution in [0.5, 0.6) is 0 Å². The first-order valence-corrected chi connectivity index (χ1v) is 8.85. The molecule has 0 bridgehead atoms. The van der Waals surface area contributed by atoms with Crippen LogP contribution in [0.4, 0.5) is 0 Å². The summed E-state index contributed by atoms with van der Waals surface area (Å²) >= 11 is 0. The molecule has 2 aromatic rings. The Morgan fingerprint density at radius 1 is 1.28 bits per heavy atom. The average Bonchev–Trinajstić information content (AvgIpc) is 3.06. The summed E-state index contributed by atoms with van der Waals surface area (Å²) in [4.78, 5) is 22.9. The van der Waals surface area contributed by atoms with Crippen LogP contribution in [0.15, 0.2) is 45.9 Å². The lowest BCUT2D eigenvalue weighted by Gasteiger charge is -2.13. The maximum Gasteiger partial charge on any atom is 0.325 e. The van der Waals surface area contributed by atoms with Crippen molar-refractivity contribution >= 4 is 21.9 Å². The van der Waals surface area contributed by atoms with E-state index in [9.17, 15) is 18.0 Å². The Hall–Kier alpha value is -2.65. The van der Waals surface area contributed by atoms with Crippen molar-refractivity contribution < 1.29 is 27.5 Å². The van der Waals surface area contributed by atoms with E-state index < -0.39 is 27.9 Å². The number of hydrogen-bond donors (Lipinski definition) is 3. The van der Waals surface area contributed by atoms with Gasteiger partial charge in [0.15, 0.2) is 0 Å². The van der Waals surface area contributed by atoms with Gasteiger partial charge in [-0.1, -0.05) is 6.07 Å². The summed E-state index contributed by atoms with van der Waals surface area (Å²) in [6, 6.07) is 6.25. The number of nitrogens with one attached hydrogen (secondary N) is 2. The summed E-state index contributed by atoms with van der Waals surface area (Å²) in [5, 5.41) is 11.2. The van der Waals surface area contributed by atoms with Crippen LogP contribution in [-0.2, 0) is 21.4 Å². The van der Waals surface area contributed by atoms with Crippen LogP contribution in [0.3, 0.4) is 0 Å². The van der Waals surface area contributed by atoms with Crippen molar-refractivity contribution in [3.63, 3.8) is 0 Å². The first-order chi connectivity index (χ1) is 11.7. The summed E-state index contributed by atoms with van der Waals surface area (Å²) in [6.45, 7) is 2.93. The van der Waals surface area contributed by atoms with Crippen LogP contribution in [0.1, 0.15) is 28.6 Å². The third-order valence-electron chi connectivity index (χ3n) is 3.50. The number of sulfonamides is 1. The molecule has 134 valence electrons. The quantitative estimate of drug-likeness (QED) is 0.677. The Bertz CT molecular complexity index is 874. The molecule has 25 heavy (non-hydrogen) atoms. The van der Waals surface area contributed by atoms with Gasteiger partial charge in [-0.15, -0.1) is 0 Å². The molecule has 1 aromatic carbocycles. The molecule has 0 radical (unpaired) electrons. The van der Waals surface area contributed by atoms with E-state index in [1.165, 1.54) is 31.4 Å². The second kappa shape index (κ2) is 7.49. The molecule has 0 spiro atoms. The van der Waals surface area contributed by atoms with Crippen LogP contribution in [0.25, 0.3) is 0 Å². The second-order valence-corrected chi connectivity index (χ2v) is 7.18. The largest absolute Gasteiger partial charge is 0.480 e. The number of carboxylic acids is 1. The van der Waals surface area contributed by atoms with Gasteiger partial charge in [-0.05, 0) is 43.7 Å². The summed E-state index contributed by atoms with van der Waals surface area (Å²) in [6.07, 6.45) is 1.43. The van der Waals surface area contributed by atoms with E-state index in [0.717, 1.165) is 0 Å². The molecule has 1 atom stereocenters. The molecule has 1 aromatic heterocycles. The maximum absolute atomic E-state index is 12.4. The van der Waals surface area contributed by atoms with E-state index in [4.69, 9.17) is 9.52 Å². The SMILES string of the molecule is Cc1ccc(S(=O)(=O)NCc2ccco2)cc1C(=O)NC(C)C(=O)O. The first kappa shape index (κ1) is 18.7. The number of aryl methyl sites for hydroxylation is 1. The number of benzene rings is 1. The lowest BCUT2D eigenvalue weighted by Crippen LogP contribution is -2.38. The van der Waals surface area contributed by atoms with Gasteiger partial charge in [0.05, 0.1) is 17.7 Å². The Labute approximate surface area is 144 Å². The van der Waals surface area contributed by atoms with Crippen LogP contribution < -0.4 is 10.0 Å². The topological polar surface area (TPSA) is 126 Å². The monoisotopic (exact) mass is 366 g/mol. The van der Waals surface area contributed by atoms with Gasteiger partial charge in [-0.25, -0.2) is 13.1 Å². The van der Waals surface area contributed by atoms with E-state index in [0.29, 0.717) is 11.3 Å². The molecule has 2 rings (SSSR count). The number of carbonyl (C=O) groups is 2. The minimum absolute atomic E-state index is 0.0270. The van der Waals surface area contributed by atoms with Crippen molar-refractivity contribution in [1.29, 1.82) is 0 Å². The van der Waals surface area contributed by atoms with Gasteiger partial charge in [0.1, 0.15) is 11.8 Å². The summed E-state index contributed by atoms with van der Waals surface area (Å²) in [5.74, 6) is -1.39. The molecule has 0 aliphatic carbocycles. The fourth-order valence-corrected chi connectivity index (χ4v) is 3.03. The number of carboxylic acid groups (broad SMARTS) is 1. The van der Waals surface area contributed by atoms with E-state index in [2.05, 4.69) is 10.0 Å². The molecule has 8 nitrogen and oxygen atoms in total. The molecule has 1 unspecified atom stereocenters. The molecule has 9 heteroatoms. The molecular weight excluding hydrogens is 348 g/mol. The number of carbonyl (C=O) groups excluding carboxylic acids is 1. The summed E-state index contributed by atoms with van der Waals surface area (Å²) in [5.41, 5.74) is 0.619. The predicted octanol–water partition coefficient (Wildman–Crippen LogP) is 1.27. The average molecular weight is 366 g/mol. The van der Waals surface area contributed by atoms with E-state index in [1.54, 1.807) is 19.1 Å². The highest BCUT2D eigenvalue weighted by molar-refractivity contribution is 7.89. The molecule has 1 heterocycles. The Balaban J connectivity index is 2.22. The van der Waals surface area contributed by atoms with Crippen LogP contribution in [0, 0.1) is 6.92 Å². The number of amides is 1. The lowest BCUT2D eigenvalue weighted by atomic mass is 10.1. The Kier molecular flexibility index (Phi) is 5.60. The Morgan fingerprint density at radius 3 is 2.60 bits per heavy atom. The van der Waals surface area contributed by atoms with Gasteiger partial charge >= 0.3 is 5.97 Å². The minimum Gasteiger partial charge on any atom is -0.480 e. The second-order valence-electron chi connectivity index (χ2n) is 5.41. The number of rotatable bonds is 7. The molecule has 0 saturated carbocycles. The highest BCUT2D eigenvalue weighted by Crippen LogP contribution is 2.16. The zero-order valence-corrected chi connectivity index (χ0v) is 14.5. The van der Waals surface area contributed by atoms with E-state index in [1.807, 2.05) is 0 Å². The molecule has 0 fully saturated rings. The van der Waals surface area contributed by atoms with Gasteiger partial charge in [-0.2, -0.15) is 0 Å². The molecule has 0 aliphatic rings. The fraction of sp³-hybridized carbons (Fsp3) is 0.250. The van der Waals surface area contributed by atoms with E-state index in [-0.39, 0.29) is 17.0 Å². The van der Waals surface area contributed by atoms with Crippen LogP contribution >= 0.6 is 0 Å². The van der Waals surface area contributed by atoms with Gasteiger partial charge in [0, 0.05) is 5.56 Å². The molecule has 0 saturated heterocycles. The maximum atomic E-state index is 12.4. The third-order valence-corrected chi connectivity index (χ3v) is 4.90. The molecule has 3 N–H and O–H groups in total.